The minimum absolute atomic E-state index is 0.589. The number of hydrogen-bond acceptors (Lipinski definition) is 2. The molecule has 4 nitrogen and oxygen atoms in total. The summed E-state index contributed by atoms with van der Waals surface area (Å²) >= 11 is 0. The lowest BCUT2D eigenvalue weighted by atomic mass is 10.00. The lowest BCUT2D eigenvalue weighted by Crippen LogP contribution is -2.05. The molecule has 0 saturated heterocycles. The summed E-state index contributed by atoms with van der Waals surface area (Å²) in [6, 6.07) is 79.9. The molecule has 0 aliphatic carbocycles. The summed E-state index contributed by atoms with van der Waals surface area (Å²) in [4.78, 5) is 5.17. The Morgan fingerprint density at radius 1 is 0.312 bits per heavy atom. The van der Waals surface area contributed by atoms with Gasteiger partial charge in [-0.15, -0.1) is 0 Å². The largest absolute Gasteiger partial charge is 0.307 e. The van der Waals surface area contributed by atoms with Gasteiger partial charge in [-0.2, -0.15) is 5.26 Å². The molecule has 0 fully saturated rings. The Labute approximate surface area is 370 Å². The fraction of sp³-hybridized carbons (Fsp3) is 0. The van der Waals surface area contributed by atoms with Crippen LogP contribution in [-0.2, 0) is 0 Å². The van der Waals surface area contributed by atoms with Crippen molar-refractivity contribution in [2.45, 2.75) is 0 Å². The quantitative estimate of drug-likeness (QED) is 0.161. The molecule has 0 unspecified atom stereocenters. The maximum Gasteiger partial charge on any atom is 0.0991 e. The first-order valence-corrected chi connectivity index (χ1v) is 21.6. The molecular weight excluding hydrogens is 777 g/mol. The van der Waals surface area contributed by atoms with Crippen molar-refractivity contribution in [1.82, 2.24) is 14.1 Å². The molecule has 0 N–H and O–H groups in total. The fourth-order valence-electron chi connectivity index (χ4n) is 9.61. The second kappa shape index (κ2) is 15.3. The van der Waals surface area contributed by atoms with E-state index in [0.29, 0.717) is 5.56 Å². The number of fused-ring (bicyclic) bond motifs is 6. The van der Waals surface area contributed by atoms with Crippen molar-refractivity contribution in [3.8, 4) is 73.1 Å². The number of rotatable bonds is 7. The van der Waals surface area contributed by atoms with Crippen molar-refractivity contribution >= 4 is 43.6 Å². The van der Waals surface area contributed by atoms with E-state index in [4.69, 9.17) is 4.98 Å². The Morgan fingerprint density at radius 3 is 0.969 bits per heavy atom. The first kappa shape index (κ1) is 37.0. The summed E-state index contributed by atoms with van der Waals surface area (Å²) in [5, 5.41) is 14.9. The van der Waals surface area contributed by atoms with Crippen LogP contribution in [0.3, 0.4) is 0 Å². The van der Waals surface area contributed by atoms with Crippen molar-refractivity contribution in [2.24, 2.45) is 0 Å². The molecule has 0 bridgehead atoms. The van der Waals surface area contributed by atoms with E-state index in [1.165, 1.54) is 0 Å². The van der Waals surface area contributed by atoms with E-state index in [-0.39, 0.29) is 0 Å². The monoisotopic (exact) mass is 814 g/mol. The molecular formula is C60H38N4. The molecule has 0 amide bonds. The predicted octanol–water partition coefficient (Wildman–Crippen LogP) is 15.5. The lowest BCUT2D eigenvalue weighted by Gasteiger charge is -2.20. The topological polar surface area (TPSA) is 46.5 Å². The van der Waals surface area contributed by atoms with E-state index in [1.54, 1.807) is 0 Å². The molecule has 0 saturated carbocycles. The highest BCUT2D eigenvalue weighted by Gasteiger charge is 2.24. The van der Waals surface area contributed by atoms with Gasteiger partial charge in [-0.1, -0.05) is 182 Å². The Balaban J connectivity index is 1.23. The summed E-state index contributed by atoms with van der Waals surface area (Å²) in [5.74, 6) is 0. The average molecular weight is 815 g/mol. The molecule has 0 atom stereocenters. The van der Waals surface area contributed by atoms with Gasteiger partial charge in [-0.05, 0) is 86.5 Å². The number of nitrogens with zero attached hydrogens (tertiary/aromatic N) is 4. The van der Waals surface area contributed by atoms with Gasteiger partial charge in [0.05, 0.1) is 57.5 Å². The lowest BCUT2D eigenvalue weighted by molar-refractivity contribution is 1.09. The third-order valence-corrected chi connectivity index (χ3v) is 12.6. The van der Waals surface area contributed by atoms with E-state index in [0.717, 1.165) is 111 Å². The van der Waals surface area contributed by atoms with Crippen LogP contribution in [0.15, 0.2) is 231 Å². The number of nitriles is 1. The Hall–Kier alpha value is -8.78. The standard InChI is InChI=1S/C60H38N4/c61-37-40-14-13-23-49(32-40)60-58(63-54-33-45(41-15-5-1-6-16-41)24-28-50(54)51-29-25-46(34-55(51)63)42-17-7-2-8-18-42)38-62-39-59(60)64-56-35-47(43-19-9-3-10-20-43)26-30-52(56)53-31-27-48(36-57(53)64)44-21-11-4-12-22-44/h1-36,38-39H. The highest BCUT2D eigenvalue weighted by Crippen LogP contribution is 2.44. The molecule has 0 spiro atoms. The van der Waals surface area contributed by atoms with Crippen LogP contribution in [0, 0.1) is 11.3 Å². The first-order valence-electron chi connectivity index (χ1n) is 21.6. The van der Waals surface area contributed by atoms with Crippen LogP contribution in [0.4, 0.5) is 0 Å². The van der Waals surface area contributed by atoms with E-state index in [2.05, 4.69) is 215 Å². The molecule has 3 aromatic heterocycles. The summed E-state index contributed by atoms with van der Waals surface area (Å²) in [6.07, 6.45) is 4.00. The number of hydrogen-bond donors (Lipinski definition) is 0. The van der Waals surface area contributed by atoms with Crippen LogP contribution in [0.5, 0.6) is 0 Å². The Morgan fingerprint density at radius 2 is 0.641 bits per heavy atom. The number of benzene rings is 9. The number of pyridine rings is 1. The minimum atomic E-state index is 0.589. The van der Waals surface area contributed by atoms with Gasteiger partial charge in [-0.25, -0.2) is 0 Å². The van der Waals surface area contributed by atoms with Gasteiger partial charge < -0.3 is 9.13 Å². The zero-order valence-corrected chi connectivity index (χ0v) is 34.7. The third kappa shape index (κ3) is 6.18. The SMILES string of the molecule is N#Cc1cccc(-c2c(-n3c4cc(-c5ccccc5)ccc4c4ccc(-c5ccccc5)cc43)cncc2-n2c3cc(-c4ccccc4)ccc3c3ccc(-c4ccccc4)cc32)c1. The van der Waals surface area contributed by atoms with Crippen LogP contribution in [0.25, 0.3) is 111 Å². The molecule has 64 heavy (non-hydrogen) atoms. The van der Waals surface area contributed by atoms with Crippen LogP contribution in [0.2, 0.25) is 0 Å². The van der Waals surface area contributed by atoms with Gasteiger partial charge in [0.25, 0.3) is 0 Å². The Bertz CT molecular complexity index is 3350. The number of aromatic nitrogens is 3. The molecule has 9 aromatic carbocycles. The molecule has 0 radical (unpaired) electrons. The molecule has 12 aromatic rings. The van der Waals surface area contributed by atoms with Gasteiger partial charge >= 0.3 is 0 Å². The van der Waals surface area contributed by atoms with Gasteiger partial charge in [-0.3, -0.25) is 4.98 Å². The van der Waals surface area contributed by atoms with Gasteiger partial charge in [0.15, 0.2) is 0 Å². The molecule has 0 aliphatic rings. The van der Waals surface area contributed by atoms with Crippen molar-refractivity contribution in [1.29, 1.82) is 5.26 Å². The highest BCUT2D eigenvalue weighted by atomic mass is 15.0. The second-order valence-electron chi connectivity index (χ2n) is 16.3. The summed E-state index contributed by atoms with van der Waals surface area (Å²) in [7, 11) is 0. The molecule has 0 aliphatic heterocycles. The average Bonchev–Trinajstić information content (AvgIpc) is 3.88. The molecule has 298 valence electrons. The van der Waals surface area contributed by atoms with Crippen molar-refractivity contribution in [2.75, 3.05) is 0 Å². The van der Waals surface area contributed by atoms with Crippen LogP contribution in [0.1, 0.15) is 5.56 Å². The first-order chi connectivity index (χ1) is 31.7. The maximum absolute atomic E-state index is 10.4. The van der Waals surface area contributed by atoms with E-state index < -0.39 is 0 Å². The molecule has 3 heterocycles. The fourth-order valence-corrected chi connectivity index (χ4v) is 9.61. The van der Waals surface area contributed by atoms with Gasteiger partial charge in [0.2, 0.25) is 0 Å². The van der Waals surface area contributed by atoms with Gasteiger partial charge in [0.1, 0.15) is 0 Å². The second-order valence-corrected chi connectivity index (χ2v) is 16.3. The summed E-state index contributed by atoms with van der Waals surface area (Å²) in [5.41, 5.74) is 17.7. The predicted molar refractivity (Wildman–Crippen MR) is 265 cm³/mol. The smallest absolute Gasteiger partial charge is 0.0991 e. The molecule has 4 heteroatoms. The maximum atomic E-state index is 10.4. The Kier molecular flexibility index (Phi) is 8.84. The zero-order valence-electron chi connectivity index (χ0n) is 34.7. The normalized spacial score (nSPS) is 11.4. The van der Waals surface area contributed by atoms with Crippen LogP contribution < -0.4 is 0 Å². The van der Waals surface area contributed by atoms with E-state index in [1.807, 2.05) is 30.6 Å². The van der Waals surface area contributed by atoms with Crippen molar-refractivity contribution in [3.63, 3.8) is 0 Å². The zero-order chi connectivity index (χ0) is 42.6. The third-order valence-electron chi connectivity index (χ3n) is 12.6. The van der Waals surface area contributed by atoms with Gasteiger partial charge in [0, 0.05) is 27.1 Å². The van der Waals surface area contributed by atoms with Crippen molar-refractivity contribution < 1.29 is 0 Å². The van der Waals surface area contributed by atoms with E-state index >= 15 is 0 Å². The summed E-state index contributed by atoms with van der Waals surface area (Å²) < 4.78 is 4.79. The van der Waals surface area contributed by atoms with Crippen molar-refractivity contribution in [3.05, 3.63) is 236 Å². The van der Waals surface area contributed by atoms with Crippen LogP contribution >= 0.6 is 0 Å². The highest BCUT2D eigenvalue weighted by molar-refractivity contribution is 6.14. The van der Waals surface area contributed by atoms with E-state index in [9.17, 15) is 5.26 Å². The van der Waals surface area contributed by atoms with Crippen LogP contribution in [-0.4, -0.2) is 14.1 Å². The summed E-state index contributed by atoms with van der Waals surface area (Å²) in [6.45, 7) is 0. The minimum Gasteiger partial charge on any atom is -0.307 e. The molecule has 12 rings (SSSR count).